The summed E-state index contributed by atoms with van der Waals surface area (Å²) in [5.74, 6) is 1.26. The maximum absolute atomic E-state index is 13.6. The van der Waals surface area contributed by atoms with Crippen molar-refractivity contribution in [2.75, 3.05) is 13.1 Å². The van der Waals surface area contributed by atoms with Crippen molar-refractivity contribution in [3.05, 3.63) is 29.6 Å². The van der Waals surface area contributed by atoms with Gasteiger partial charge in [0.25, 0.3) is 5.91 Å². The Balaban J connectivity index is 1.18. The van der Waals surface area contributed by atoms with E-state index < -0.39 is 29.9 Å². The number of fused-ring (bicyclic) bond motifs is 1. The van der Waals surface area contributed by atoms with Crippen LogP contribution in [0.15, 0.2) is 23.3 Å². The third-order valence-corrected chi connectivity index (χ3v) is 9.59. The number of pyridine rings is 1. The van der Waals surface area contributed by atoms with Crippen molar-refractivity contribution in [1.82, 2.24) is 25.8 Å². The number of aromatic nitrogens is 1. The summed E-state index contributed by atoms with van der Waals surface area (Å²) in [6.07, 6.45) is 8.58. The molecule has 1 saturated heterocycles. The summed E-state index contributed by atoms with van der Waals surface area (Å²) >= 11 is 0. The Labute approximate surface area is 228 Å². The molecule has 12 nitrogen and oxygen atoms in total. The predicted molar refractivity (Wildman–Crippen MR) is 144 cm³/mol. The van der Waals surface area contributed by atoms with Gasteiger partial charge in [0.05, 0.1) is 6.04 Å². The Morgan fingerprint density at radius 3 is 2.79 bits per heavy atom. The summed E-state index contributed by atoms with van der Waals surface area (Å²) in [5, 5.41) is 21.0. The van der Waals surface area contributed by atoms with Gasteiger partial charge in [-0.15, -0.1) is 0 Å². The lowest BCUT2D eigenvalue weighted by molar-refractivity contribution is -0.513. The Morgan fingerprint density at radius 2 is 2.00 bits per heavy atom. The van der Waals surface area contributed by atoms with E-state index in [-0.39, 0.29) is 36.2 Å². The van der Waals surface area contributed by atoms with Gasteiger partial charge < -0.3 is 26.4 Å². The average molecular weight is 539 g/mol. The quantitative estimate of drug-likeness (QED) is 0.217. The molecule has 2 saturated carbocycles. The SMILES string of the molecule is Cc1ccc(C(=O)NC[C@@H]2N=C(N)N3CC(NC(=O)C4CCCC5CCCCC54)[C@@H](O)[C@@]34NC(N)=[NH+][C@@H]24)nc1. The molecule has 0 bridgehead atoms. The fourth-order valence-electron chi connectivity index (χ4n) is 7.73. The van der Waals surface area contributed by atoms with Crippen LogP contribution in [0.3, 0.4) is 0 Å². The minimum absolute atomic E-state index is 0.0159. The molecule has 5 aliphatic rings. The molecule has 2 amide bonds. The van der Waals surface area contributed by atoms with E-state index >= 15 is 0 Å². The second-order valence-corrected chi connectivity index (χ2v) is 11.9. The second-order valence-electron chi connectivity index (χ2n) is 11.9. The lowest BCUT2D eigenvalue weighted by Gasteiger charge is -2.43. The Bertz CT molecular complexity index is 1190. The maximum Gasteiger partial charge on any atom is 0.343 e. The first kappa shape index (κ1) is 25.8. The third-order valence-electron chi connectivity index (χ3n) is 9.59. The van der Waals surface area contributed by atoms with E-state index in [1.807, 2.05) is 13.0 Å². The summed E-state index contributed by atoms with van der Waals surface area (Å²) in [5.41, 5.74) is 12.8. The number of carbonyl (C=O) groups is 2. The number of aliphatic hydroxyl groups excluding tert-OH is 1. The molecule has 3 fully saturated rings. The molecule has 9 N–H and O–H groups in total. The zero-order chi connectivity index (χ0) is 27.3. The zero-order valence-corrected chi connectivity index (χ0v) is 22.4. The first-order valence-corrected chi connectivity index (χ1v) is 14.2. The highest BCUT2D eigenvalue weighted by Gasteiger charge is 2.68. The van der Waals surface area contributed by atoms with Crippen LogP contribution in [-0.4, -0.2) is 81.7 Å². The number of aryl methyl sites for hydroxylation is 1. The Kier molecular flexibility index (Phi) is 6.60. The van der Waals surface area contributed by atoms with Gasteiger partial charge in [-0.1, -0.05) is 38.2 Å². The van der Waals surface area contributed by atoms with Crippen LogP contribution in [0, 0.1) is 24.7 Å². The first-order chi connectivity index (χ1) is 18.8. The van der Waals surface area contributed by atoms with Gasteiger partial charge in [-0.25, -0.2) is 10.3 Å². The van der Waals surface area contributed by atoms with E-state index in [2.05, 4.69) is 30.9 Å². The topological polar surface area (TPSA) is 185 Å². The van der Waals surface area contributed by atoms with Gasteiger partial charge in [-0.2, -0.15) is 0 Å². The van der Waals surface area contributed by atoms with Crippen LogP contribution in [0.4, 0.5) is 0 Å². The summed E-state index contributed by atoms with van der Waals surface area (Å²) in [6.45, 7) is 2.36. The minimum atomic E-state index is -1.11. The molecule has 1 aromatic rings. The molecule has 0 aromatic carbocycles. The van der Waals surface area contributed by atoms with Crippen molar-refractivity contribution >= 4 is 23.7 Å². The number of carbonyl (C=O) groups excluding carboxylic acids is 2. The van der Waals surface area contributed by atoms with Gasteiger partial charge in [0.2, 0.25) is 11.6 Å². The van der Waals surface area contributed by atoms with Gasteiger partial charge in [0, 0.05) is 25.2 Å². The second kappa shape index (κ2) is 9.96. The molecule has 3 aliphatic heterocycles. The van der Waals surface area contributed by atoms with E-state index in [1.165, 1.54) is 25.7 Å². The molecule has 1 spiro atoms. The number of nitrogens with zero attached hydrogens (tertiary/aromatic N) is 3. The van der Waals surface area contributed by atoms with Crippen molar-refractivity contribution in [3.63, 3.8) is 0 Å². The highest BCUT2D eigenvalue weighted by molar-refractivity contribution is 5.92. The van der Waals surface area contributed by atoms with Crippen LogP contribution < -0.4 is 32.4 Å². The molecule has 0 radical (unpaired) electrons. The summed E-state index contributed by atoms with van der Waals surface area (Å²) in [6, 6.07) is 1.93. The highest BCUT2D eigenvalue weighted by atomic mass is 16.3. The van der Waals surface area contributed by atoms with Crippen LogP contribution >= 0.6 is 0 Å². The number of guanidine groups is 2. The molecular formula is C27H40N9O3+. The van der Waals surface area contributed by atoms with Crippen molar-refractivity contribution in [2.24, 2.45) is 34.2 Å². The molecule has 8 atom stereocenters. The van der Waals surface area contributed by atoms with E-state index in [1.54, 1.807) is 17.2 Å². The largest absolute Gasteiger partial charge is 0.385 e. The standard InChI is InChI=1S/C27H39N9O3/c1-14-9-10-18(30-11-14)24(39)31-12-19-21-27(35-25(28)34-21)22(37)20(13-36(27)26(29)33-19)32-23(38)17-8-4-6-15-5-2-3-7-16(15)17/h9-11,15-17,19-22,37H,2-8,12-13H2,1H3,(H2,29,33)(H,31,39)(H,32,38)(H3,28,34,35)/p+1/t15?,16?,17?,19-,20?,21-,22+,27-/m0/s1. The number of hydrogen-bond donors (Lipinski definition) is 7. The molecule has 4 unspecified atom stereocenters. The molecule has 39 heavy (non-hydrogen) atoms. The van der Waals surface area contributed by atoms with Crippen molar-refractivity contribution < 1.29 is 19.7 Å². The van der Waals surface area contributed by atoms with E-state index in [0.717, 1.165) is 24.8 Å². The van der Waals surface area contributed by atoms with Gasteiger partial charge >= 0.3 is 5.96 Å². The summed E-state index contributed by atoms with van der Waals surface area (Å²) in [4.78, 5) is 40.1. The molecule has 4 heterocycles. The number of aliphatic hydroxyl groups is 1. The van der Waals surface area contributed by atoms with E-state index in [9.17, 15) is 14.7 Å². The van der Waals surface area contributed by atoms with Gasteiger partial charge in [0.15, 0.2) is 12.0 Å². The van der Waals surface area contributed by atoms with Crippen LogP contribution in [0.5, 0.6) is 0 Å². The average Bonchev–Trinajstić information content (AvgIpc) is 3.43. The summed E-state index contributed by atoms with van der Waals surface area (Å²) < 4.78 is 0. The third kappa shape index (κ3) is 4.38. The minimum Gasteiger partial charge on any atom is -0.385 e. The molecule has 210 valence electrons. The normalized spacial score (nSPS) is 37.0. The number of aliphatic imine (C=N–C) groups is 1. The molecule has 12 heteroatoms. The Hall–Kier alpha value is -3.41. The number of rotatable bonds is 5. The monoisotopic (exact) mass is 538 g/mol. The lowest BCUT2D eigenvalue weighted by atomic mass is 9.65. The fourth-order valence-corrected chi connectivity index (χ4v) is 7.73. The Morgan fingerprint density at radius 1 is 1.21 bits per heavy atom. The van der Waals surface area contributed by atoms with Crippen molar-refractivity contribution in [3.8, 4) is 0 Å². The number of amides is 2. The van der Waals surface area contributed by atoms with Gasteiger partial charge in [0.1, 0.15) is 17.8 Å². The first-order valence-electron chi connectivity index (χ1n) is 14.2. The van der Waals surface area contributed by atoms with Gasteiger partial charge in [-0.05, 0) is 43.2 Å². The van der Waals surface area contributed by atoms with Crippen LogP contribution in [0.2, 0.25) is 0 Å². The van der Waals surface area contributed by atoms with Crippen LogP contribution in [0.25, 0.3) is 0 Å². The molecular weight excluding hydrogens is 498 g/mol. The predicted octanol–water partition coefficient (Wildman–Crippen LogP) is -2.35. The number of nitrogens with one attached hydrogen (secondary N) is 4. The van der Waals surface area contributed by atoms with Crippen molar-refractivity contribution in [2.45, 2.75) is 81.8 Å². The zero-order valence-electron chi connectivity index (χ0n) is 22.4. The highest BCUT2D eigenvalue weighted by Crippen LogP contribution is 2.44. The molecule has 6 rings (SSSR count). The lowest BCUT2D eigenvalue weighted by Crippen LogP contribution is -2.88. The molecule has 2 aliphatic carbocycles. The van der Waals surface area contributed by atoms with Gasteiger partial charge in [-0.3, -0.25) is 25.3 Å². The molecule has 1 aromatic heterocycles. The van der Waals surface area contributed by atoms with Crippen LogP contribution in [-0.2, 0) is 4.79 Å². The maximum atomic E-state index is 13.6. The summed E-state index contributed by atoms with van der Waals surface area (Å²) in [7, 11) is 0. The fraction of sp³-hybridized carbons (Fsp3) is 0.667. The van der Waals surface area contributed by atoms with Crippen molar-refractivity contribution in [1.29, 1.82) is 0 Å². The number of hydrogen-bond acceptors (Lipinski definition) is 9. The smallest absolute Gasteiger partial charge is 0.343 e. The van der Waals surface area contributed by atoms with E-state index in [0.29, 0.717) is 24.1 Å². The van der Waals surface area contributed by atoms with E-state index in [4.69, 9.17) is 11.5 Å². The van der Waals surface area contributed by atoms with Crippen LogP contribution in [0.1, 0.15) is 61.0 Å². The number of nitrogens with two attached hydrogens (primary N) is 2.